The van der Waals surface area contributed by atoms with Gasteiger partial charge in [-0.2, -0.15) is 0 Å². The summed E-state index contributed by atoms with van der Waals surface area (Å²) in [6.07, 6.45) is 6.40. The highest BCUT2D eigenvalue weighted by Crippen LogP contribution is 2.32. The van der Waals surface area contributed by atoms with Crippen molar-refractivity contribution in [2.75, 3.05) is 24.6 Å². The Balaban J connectivity index is 2.21. The summed E-state index contributed by atoms with van der Waals surface area (Å²) in [6, 6.07) is 0.606. The fraction of sp³-hybridized carbons (Fsp3) is 0.714. The minimum atomic E-state index is 0.606. The maximum atomic E-state index is 5.65. The van der Waals surface area contributed by atoms with Crippen LogP contribution in [0.3, 0.4) is 0 Å². The number of anilines is 1. The summed E-state index contributed by atoms with van der Waals surface area (Å²) in [6.45, 7) is 6.31. The van der Waals surface area contributed by atoms with Gasteiger partial charge in [-0.1, -0.05) is 0 Å². The molecule has 0 atom stereocenters. The quantitative estimate of drug-likeness (QED) is 0.814. The van der Waals surface area contributed by atoms with Crippen molar-refractivity contribution in [3.05, 3.63) is 11.9 Å². The molecular formula is C14H24N4O. The lowest BCUT2D eigenvalue weighted by molar-refractivity contribution is 0.322. The van der Waals surface area contributed by atoms with Gasteiger partial charge in [0.2, 0.25) is 5.88 Å². The molecule has 5 heteroatoms. The van der Waals surface area contributed by atoms with Crippen molar-refractivity contribution in [1.82, 2.24) is 9.97 Å². The van der Waals surface area contributed by atoms with E-state index in [0.29, 0.717) is 25.1 Å². The first-order valence-electron chi connectivity index (χ1n) is 7.19. The van der Waals surface area contributed by atoms with Gasteiger partial charge in [0.25, 0.3) is 0 Å². The molecule has 19 heavy (non-hydrogen) atoms. The van der Waals surface area contributed by atoms with Gasteiger partial charge >= 0.3 is 0 Å². The van der Waals surface area contributed by atoms with Crippen LogP contribution in [0.2, 0.25) is 0 Å². The Hall–Kier alpha value is -1.36. The number of nitrogens with zero attached hydrogens (tertiary/aromatic N) is 3. The second-order valence-corrected chi connectivity index (χ2v) is 4.98. The van der Waals surface area contributed by atoms with Crippen molar-refractivity contribution in [3.8, 4) is 5.88 Å². The van der Waals surface area contributed by atoms with Crippen molar-refractivity contribution in [2.45, 2.75) is 45.6 Å². The molecule has 0 radical (unpaired) electrons. The van der Waals surface area contributed by atoms with E-state index in [0.717, 1.165) is 24.3 Å². The molecule has 1 aliphatic carbocycles. The van der Waals surface area contributed by atoms with E-state index in [1.165, 1.54) is 19.3 Å². The first-order valence-corrected chi connectivity index (χ1v) is 7.19. The number of hydrogen-bond acceptors (Lipinski definition) is 5. The van der Waals surface area contributed by atoms with Gasteiger partial charge in [-0.15, -0.1) is 0 Å². The van der Waals surface area contributed by atoms with Gasteiger partial charge in [0, 0.05) is 12.6 Å². The first-order chi connectivity index (χ1) is 9.27. The van der Waals surface area contributed by atoms with Crippen LogP contribution in [0, 0.1) is 6.92 Å². The Labute approximate surface area is 115 Å². The topological polar surface area (TPSA) is 64.3 Å². The predicted molar refractivity (Wildman–Crippen MR) is 76.6 cm³/mol. The van der Waals surface area contributed by atoms with E-state index in [-0.39, 0.29) is 0 Å². The molecule has 2 N–H and O–H groups in total. The predicted octanol–water partition coefficient (Wildman–Crippen LogP) is 1.89. The van der Waals surface area contributed by atoms with Crippen molar-refractivity contribution >= 4 is 5.82 Å². The van der Waals surface area contributed by atoms with Crippen molar-refractivity contribution in [3.63, 3.8) is 0 Å². The third-order valence-corrected chi connectivity index (χ3v) is 3.68. The fourth-order valence-corrected chi connectivity index (χ4v) is 2.42. The number of rotatable bonds is 7. The molecule has 0 aliphatic heterocycles. The van der Waals surface area contributed by atoms with Crippen LogP contribution < -0.4 is 15.4 Å². The average molecular weight is 264 g/mol. The Morgan fingerprint density at radius 1 is 1.42 bits per heavy atom. The van der Waals surface area contributed by atoms with Crippen LogP contribution in [0.15, 0.2) is 6.33 Å². The van der Waals surface area contributed by atoms with E-state index in [1.54, 1.807) is 6.33 Å². The summed E-state index contributed by atoms with van der Waals surface area (Å²) in [5.41, 5.74) is 6.68. The van der Waals surface area contributed by atoms with Crippen molar-refractivity contribution in [2.24, 2.45) is 5.73 Å². The highest BCUT2D eigenvalue weighted by molar-refractivity contribution is 5.51. The Morgan fingerprint density at radius 3 is 2.79 bits per heavy atom. The lowest BCUT2D eigenvalue weighted by Gasteiger charge is -2.39. The van der Waals surface area contributed by atoms with Crippen molar-refractivity contribution in [1.29, 1.82) is 0 Å². The second kappa shape index (κ2) is 6.70. The zero-order valence-corrected chi connectivity index (χ0v) is 11.9. The highest BCUT2D eigenvalue weighted by Gasteiger charge is 2.27. The van der Waals surface area contributed by atoms with E-state index in [9.17, 15) is 0 Å². The van der Waals surface area contributed by atoms with Gasteiger partial charge in [0.05, 0.1) is 12.2 Å². The van der Waals surface area contributed by atoms with Crippen LogP contribution in [0.1, 0.15) is 38.2 Å². The molecule has 106 valence electrons. The van der Waals surface area contributed by atoms with E-state index >= 15 is 0 Å². The lowest BCUT2D eigenvalue weighted by atomic mass is 9.91. The van der Waals surface area contributed by atoms with Gasteiger partial charge in [-0.25, -0.2) is 9.97 Å². The molecule has 0 amide bonds. The van der Waals surface area contributed by atoms with E-state index in [1.807, 2.05) is 13.8 Å². The summed E-state index contributed by atoms with van der Waals surface area (Å²) in [5, 5.41) is 0. The monoisotopic (exact) mass is 264 g/mol. The second-order valence-electron chi connectivity index (χ2n) is 4.98. The van der Waals surface area contributed by atoms with Crippen LogP contribution in [-0.4, -0.2) is 35.7 Å². The van der Waals surface area contributed by atoms with E-state index in [2.05, 4.69) is 14.9 Å². The number of ether oxygens (including phenoxy) is 1. The molecule has 0 aromatic carbocycles. The van der Waals surface area contributed by atoms with E-state index < -0.39 is 0 Å². The molecule has 1 saturated carbocycles. The number of hydrogen-bond donors (Lipinski definition) is 1. The fourth-order valence-electron chi connectivity index (χ4n) is 2.42. The molecule has 1 aliphatic rings. The SMILES string of the molecule is CCOc1ncnc(N(CCCN)C2CCC2)c1C. The molecule has 0 spiro atoms. The number of nitrogens with two attached hydrogens (primary N) is 1. The summed E-state index contributed by atoms with van der Waals surface area (Å²) in [7, 11) is 0. The highest BCUT2D eigenvalue weighted by atomic mass is 16.5. The Morgan fingerprint density at radius 2 is 2.21 bits per heavy atom. The maximum Gasteiger partial charge on any atom is 0.221 e. The molecule has 1 fully saturated rings. The molecule has 5 nitrogen and oxygen atoms in total. The van der Waals surface area contributed by atoms with Gasteiger partial charge in [-0.05, 0) is 46.1 Å². The van der Waals surface area contributed by atoms with E-state index in [4.69, 9.17) is 10.5 Å². The molecule has 2 rings (SSSR count). The Kier molecular flexibility index (Phi) is 4.96. The van der Waals surface area contributed by atoms with Crippen LogP contribution in [0.25, 0.3) is 0 Å². The van der Waals surface area contributed by atoms with Gasteiger partial charge < -0.3 is 15.4 Å². The third kappa shape index (κ3) is 3.15. The standard InChI is InChI=1S/C14H24N4O/c1-3-19-14-11(2)13(16-10-17-14)18(9-5-8-15)12-6-4-7-12/h10,12H,3-9,15H2,1-2H3. The minimum Gasteiger partial charge on any atom is -0.478 e. The zero-order valence-electron chi connectivity index (χ0n) is 11.9. The smallest absolute Gasteiger partial charge is 0.221 e. The summed E-state index contributed by atoms with van der Waals surface area (Å²) in [5.74, 6) is 1.71. The molecule has 0 bridgehead atoms. The summed E-state index contributed by atoms with van der Waals surface area (Å²) < 4.78 is 5.56. The van der Waals surface area contributed by atoms with Gasteiger partial charge in [0.15, 0.2) is 0 Å². The zero-order chi connectivity index (χ0) is 13.7. The minimum absolute atomic E-state index is 0.606. The summed E-state index contributed by atoms with van der Waals surface area (Å²) >= 11 is 0. The average Bonchev–Trinajstić information content (AvgIpc) is 2.35. The van der Waals surface area contributed by atoms with Crippen LogP contribution in [0.5, 0.6) is 5.88 Å². The van der Waals surface area contributed by atoms with Gasteiger partial charge in [0.1, 0.15) is 12.1 Å². The third-order valence-electron chi connectivity index (χ3n) is 3.68. The molecule has 0 saturated heterocycles. The summed E-state index contributed by atoms with van der Waals surface area (Å²) in [4.78, 5) is 11.1. The largest absolute Gasteiger partial charge is 0.478 e. The molecule has 0 unspecified atom stereocenters. The van der Waals surface area contributed by atoms with Crippen LogP contribution in [0.4, 0.5) is 5.82 Å². The van der Waals surface area contributed by atoms with Crippen molar-refractivity contribution < 1.29 is 4.74 Å². The normalized spacial score (nSPS) is 15.1. The van der Waals surface area contributed by atoms with Crippen LogP contribution >= 0.6 is 0 Å². The molecule has 1 heterocycles. The Bertz CT molecular complexity index is 406. The first kappa shape index (κ1) is 14.1. The lowest BCUT2D eigenvalue weighted by Crippen LogP contribution is -2.42. The van der Waals surface area contributed by atoms with Crippen LogP contribution in [-0.2, 0) is 0 Å². The van der Waals surface area contributed by atoms with Gasteiger partial charge in [-0.3, -0.25) is 0 Å². The molecule has 1 aromatic heterocycles. The molecule has 1 aromatic rings. The maximum absolute atomic E-state index is 5.65. The molecular weight excluding hydrogens is 240 g/mol. The number of aromatic nitrogens is 2.